The van der Waals surface area contributed by atoms with Crippen molar-refractivity contribution in [1.82, 2.24) is 14.9 Å². The van der Waals surface area contributed by atoms with Crippen molar-refractivity contribution in [3.63, 3.8) is 0 Å². The summed E-state index contributed by atoms with van der Waals surface area (Å²) in [5.74, 6) is 0.661. The number of nitrogens with zero attached hydrogens (tertiary/aromatic N) is 4. The van der Waals surface area contributed by atoms with Crippen molar-refractivity contribution in [3.05, 3.63) is 64.8 Å². The fraction of sp³-hybridized carbons (Fsp3) is 0.105. The largest absolute Gasteiger partial charge is 0.369 e. The number of halogens is 2. The Morgan fingerprint density at radius 3 is 2.35 bits per heavy atom. The van der Waals surface area contributed by atoms with E-state index in [1.165, 1.54) is 0 Å². The van der Waals surface area contributed by atoms with Crippen molar-refractivity contribution in [3.8, 4) is 22.4 Å². The van der Waals surface area contributed by atoms with Crippen LogP contribution in [0.4, 0.5) is 5.95 Å². The van der Waals surface area contributed by atoms with Gasteiger partial charge < -0.3 is 10.6 Å². The molecule has 2 N–H and O–H groups in total. The summed E-state index contributed by atoms with van der Waals surface area (Å²) >= 11 is 12.2. The maximum absolute atomic E-state index is 6.28. The van der Waals surface area contributed by atoms with Crippen LogP contribution in [0.3, 0.4) is 0 Å². The summed E-state index contributed by atoms with van der Waals surface area (Å²) in [6, 6.07) is 15.2. The molecule has 0 aliphatic carbocycles. The first-order chi connectivity index (χ1) is 12.4. The molecule has 0 amide bonds. The molecule has 0 saturated heterocycles. The highest BCUT2D eigenvalue weighted by Crippen LogP contribution is 2.31. The predicted molar refractivity (Wildman–Crippen MR) is 108 cm³/mol. The number of rotatable bonds is 3. The predicted octanol–water partition coefficient (Wildman–Crippen LogP) is 4.63. The first-order valence-electron chi connectivity index (χ1n) is 7.84. The van der Waals surface area contributed by atoms with Gasteiger partial charge in [-0.2, -0.15) is 4.99 Å². The van der Waals surface area contributed by atoms with Gasteiger partial charge in [-0.25, -0.2) is 9.97 Å². The number of aliphatic imine (C=N–C) groups is 1. The molecule has 0 radical (unpaired) electrons. The molecule has 0 fully saturated rings. The SMILES string of the molecule is CN(C)/C(N)=N\c1nccc(-c2ccc(-c3ccc(Cl)cc3Cl)cc2)n1. The van der Waals surface area contributed by atoms with E-state index < -0.39 is 0 Å². The number of hydrogen-bond acceptors (Lipinski definition) is 3. The summed E-state index contributed by atoms with van der Waals surface area (Å²) in [4.78, 5) is 14.5. The molecule has 3 rings (SSSR count). The van der Waals surface area contributed by atoms with Crippen LogP contribution in [-0.4, -0.2) is 34.9 Å². The first kappa shape index (κ1) is 18.2. The topological polar surface area (TPSA) is 67.4 Å². The van der Waals surface area contributed by atoms with E-state index in [9.17, 15) is 0 Å². The molecule has 2 aromatic carbocycles. The summed E-state index contributed by atoms with van der Waals surface area (Å²) in [6.07, 6.45) is 1.66. The van der Waals surface area contributed by atoms with Gasteiger partial charge in [0.05, 0.1) is 5.69 Å². The number of nitrogens with two attached hydrogens (primary N) is 1. The van der Waals surface area contributed by atoms with Gasteiger partial charge in [-0.1, -0.05) is 53.5 Å². The van der Waals surface area contributed by atoms with Gasteiger partial charge >= 0.3 is 0 Å². The van der Waals surface area contributed by atoms with Gasteiger partial charge in [0.1, 0.15) is 0 Å². The highest BCUT2D eigenvalue weighted by Gasteiger charge is 2.07. The molecule has 0 atom stereocenters. The molecule has 3 aromatic rings. The zero-order valence-electron chi connectivity index (χ0n) is 14.3. The van der Waals surface area contributed by atoms with Crippen LogP contribution in [0.2, 0.25) is 10.0 Å². The minimum atomic E-state index is 0.318. The molecule has 1 aromatic heterocycles. The van der Waals surface area contributed by atoms with Crippen molar-refractivity contribution >= 4 is 35.1 Å². The molecular weight excluding hydrogens is 369 g/mol. The maximum Gasteiger partial charge on any atom is 0.253 e. The van der Waals surface area contributed by atoms with Crippen molar-refractivity contribution in [1.29, 1.82) is 0 Å². The molecule has 0 aliphatic rings. The summed E-state index contributed by atoms with van der Waals surface area (Å²) < 4.78 is 0. The number of guanidine groups is 1. The van der Waals surface area contributed by atoms with Crippen LogP contribution in [0.5, 0.6) is 0 Å². The van der Waals surface area contributed by atoms with E-state index >= 15 is 0 Å². The Kier molecular flexibility index (Phi) is 5.40. The molecule has 0 spiro atoms. The lowest BCUT2D eigenvalue weighted by Crippen LogP contribution is -2.29. The fourth-order valence-electron chi connectivity index (χ4n) is 2.31. The third kappa shape index (κ3) is 4.12. The molecule has 0 aliphatic heterocycles. The fourth-order valence-corrected chi connectivity index (χ4v) is 2.83. The zero-order chi connectivity index (χ0) is 18.7. The van der Waals surface area contributed by atoms with Gasteiger partial charge in [0.15, 0.2) is 5.96 Å². The van der Waals surface area contributed by atoms with Gasteiger partial charge in [0.2, 0.25) is 0 Å². The molecule has 5 nitrogen and oxygen atoms in total. The van der Waals surface area contributed by atoms with Crippen LogP contribution >= 0.6 is 23.2 Å². The van der Waals surface area contributed by atoms with Gasteiger partial charge in [0.25, 0.3) is 5.95 Å². The lowest BCUT2D eigenvalue weighted by molar-refractivity contribution is 0.614. The Hall–Kier alpha value is -2.63. The zero-order valence-corrected chi connectivity index (χ0v) is 15.8. The standard InChI is InChI=1S/C19H17Cl2N5/c1-26(2)18(22)25-19-23-10-9-17(24-19)13-5-3-12(4-6-13)15-8-7-14(20)11-16(15)21/h3-11H,1-2H3,(H2,22,23,24,25). The molecule has 132 valence electrons. The van der Waals surface area contributed by atoms with Crippen LogP contribution in [0, 0.1) is 0 Å². The van der Waals surface area contributed by atoms with Crippen LogP contribution in [0.1, 0.15) is 0 Å². The lowest BCUT2D eigenvalue weighted by atomic mass is 10.0. The van der Waals surface area contributed by atoms with E-state index in [0.29, 0.717) is 22.0 Å². The molecule has 26 heavy (non-hydrogen) atoms. The smallest absolute Gasteiger partial charge is 0.253 e. The molecular formula is C19H17Cl2N5. The van der Waals surface area contributed by atoms with E-state index in [1.54, 1.807) is 17.2 Å². The lowest BCUT2D eigenvalue weighted by Gasteiger charge is -2.10. The molecule has 1 heterocycles. The Morgan fingerprint density at radius 2 is 1.69 bits per heavy atom. The highest BCUT2D eigenvalue weighted by molar-refractivity contribution is 6.36. The van der Waals surface area contributed by atoms with E-state index in [4.69, 9.17) is 28.9 Å². The average Bonchev–Trinajstić information content (AvgIpc) is 2.62. The summed E-state index contributed by atoms with van der Waals surface area (Å²) in [7, 11) is 3.62. The minimum absolute atomic E-state index is 0.318. The normalized spacial score (nSPS) is 11.5. The Balaban J connectivity index is 1.90. The summed E-state index contributed by atoms with van der Waals surface area (Å²) in [6.45, 7) is 0. The van der Waals surface area contributed by atoms with Gasteiger partial charge in [0, 0.05) is 41.5 Å². The van der Waals surface area contributed by atoms with E-state index in [-0.39, 0.29) is 0 Å². The van der Waals surface area contributed by atoms with Crippen molar-refractivity contribution < 1.29 is 0 Å². The molecule has 7 heteroatoms. The van der Waals surface area contributed by atoms with Gasteiger partial charge in [-0.05, 0) is 23.8 Å². The number of hydrogen-bond donors (Lipinski definition) is 1. The van der Waals surface area contributed by atoms with Crippen molar-refractivity contribution in [2.24, 2.45) is 10.7 Å². The van der Waals surface area contributed by atoms with Gasteiger partial charge in [-0.3, -0.25) is 0 Å². The minimum Gasteiger partial charge on any atom is -0.369 e. The maximum atomic E-state index is 6.28. The molecule has 0 saturated carbocycles. The summed E-state index contributed by atoms with van der Waals surface area (Å²) in [5, 5.41) is 1.23. The number of aromatic nitrogens is 2. The van der Waals surface area contributed by atoms with Crippen LogP contribution in [0.15, 0.2) is 59.7 Å². The van der Waals surface area contributed by atoms with Crippen LogP contribution < -0.4 is 5.73 Å². The second kappa shape index (κ2) is 7.72. The van der Waals surface area contributed by atoms with Crippen LogP contribution in [-0.2, 0) is 0 Å². The van der Waals surface area contributed by atoms with Crippen LogP contribution in [0.25, 0.3) is 22.4 Å². The number of benzene rings is 2. The third-order valence-corrected chi connectivity index (χ3v) is 4.29. The molecule has 0 unspecified atom stereocenters. The van der Waals surface area contributed by atoms with E-state index in [2.05, 4.69) is 15.0 Å². The Morgan fingerprint density at radius 1 is 1.00 bits per heavy atom. The third-order valence-electron chi connectivity index (χ3n) is 3.74. The first-order valence-corrected chi connectivity index (χ1v) is 8.60. The molecule has 0 bridgehead atoms. The monoisotopic (exact) mass is 385 g/mol. The summed E-state index contributed by atoms with van der Waals surface area (Å²) in [5.41, 5.74) is 9.45. The second-order valence-corrected chi connectivity index (χ2v) is 6.65. The Labute approximate surface area is 162 Å². The van der Waals surface area contributed by atoms with Gasteiger partial charge in [-0.15, -0.1) is 0 Å². The van der Waals surface area contributed by atoms with Crippen molar-refractivity contribution in [2.75, 3.05) is 14.1 Å². The van der Waals surface area contributed by atoms with Crippen molar-refractivity contribution in [2.45, 2.75) is 0 Å². The Bertz CT molecular complexity index is 952. The van der Waals surface area contributed by atoms with E-state index in [0.717, 1.165) is 22.4 Å². The average molecular weight is 386 g/mol. The quantitative estimate of drug-likeness (QED) is 0.527. The highest BCUT2D eigenvalue weighted by atomic mass is 35.5. The van der Waals surface area contributed by atoms with E-state index in [1.807, 2.05) is 56.6 Å². The second-order valence-electron chi connectivity index (χ2n) is 5.81.